The molecule has 1 heterocycles. The molecule has 3 aromatic carbocycles. The van der Waals surface area contributed by atoms with Crippen molar-refractivity contribution in [2.45, 2.75) is 34.6 Å². The summed E-state index contributed by atoms with van der Waals surface area (Å²) in [4.78, 5) is 27.6. The van der Waals surface area contributed by atoms with Crippen LogP contribution in [0.5, 0.6) is 0 Å². The number of oxazole rings is 1. The Bertz CT molecular complexity index is 1320. The predicted molar refractivity (Wildman–Crippen MR) is 138 cm³/mol. The number of fused-ring (bicyclic) bond motifs is 1. The fourth-order valence-electron chi connectivity index (χ4n) is 3.04. The van der Waals surface area contributed by atoms with Crippen LogP contribution in [0.25, 0.3) is 22.6 Å². The minimum absolute atomic E-state index is 0.00664. The maximum atomic E-state index is 12.7. The highest BCUT2D eigenvalue weighted by Gasteiger charge is 2.21. The Morgan fingerprint density at radius 2 is 1.71 bits per heavy atom. The van der Waals surface area contributed by atoms with Crippen molar-refractivity contribution in [2.24, 2.45) is 0 Å². The lowest BCUT2D eigenvalue weighted by Gasteiger charge is -2.11. The van der Waals surface area contributed by atoms with Gasteiger partial charge < -0.3 is 9.73 Å². The number of nitrogens with zero attached hydrogens (tertiary/aromatic N) is 2. The van der Waals surface area contributed by atoms with Crippen LogP contribution in [0, 0.1) is 17.0 Å². The number of hydrogen-bond acceptors (Lipinski definition) is 5. The molecule has 0 radical (unpaired) electrons. The first kappa shape index (κ1) is 26.8. The lowest BCUT2D eigenvalue weighted by molar-refractivity contribution is -0.384. The Balaban J connectivity index is 0.000000970. The van der Waals surface area contributed by atoms with Gasteiger partial charge in [-0.2, -0.15) is 0 Å². The van der Waals surface area contributed by atoms with E-state index in [1.165, 1.54) is 18.2 Å². The van der Waals surface area contributed by atoms with Gasteiger partial charge in [0.2, 0.25) is 5.89 Å². The van der Waals surface area contributed by atoms with Crippen molar-refractivity contribution in [3.8, 4) is 11.5 Å². The van der Waals surface area contributed by atoms with E-state index in [9.17, 15) is 14.9 Å². The molecule has 1 aromatic heterocycles. The van der Waals surface area contributed by atoms with Crippen molar-refractivity contribution in [2.75, 3.05) is 5.32 Å². The Labute approximate surface area is 207 Å². The first-order valence-electron chi connectivity index (χ1n) is 10.8. The van der Waals surface area contributed by atoms with Crippen LogP contribution in [0.4, 0.5) is 11.4 Å². The van der Waals surface area contributed by atoms with Gasteiger partial charge in [-0.3, -0.25) is 14.9 Å². The van der Waals surface area contributed by atoms with Gasteiger partial charge in [0.15, 0.2) is 5.58 Å². The van der Waals surface area contributed by atoms with Gasteiger partial charge in [0.1, 0.15) is 10.5 Å². The molecular weight excluding hydrogens is 477 g/mol. The summed E-state index contributed by atoms with van der Waals surface area (Å²) < 4.78 is 5.82. The molecule has 1 N–H and O–H groups in total. The van der Waals surface area contributed by atoms with Gasteiger partial charge >= 0.3 is 0 Å². The van der Waals surface area contributed by atoms with Crippen LogP contribution < -0.4 is 5.32 Å². The number of rotatable bonds is 4. The highest BCUT2D eigenvalue weighted by molar-refractivity contribution is 6.36. The Kier molecular flexibility index (Phi) is 9.59. The molecule has 0 aliphatic rings. The van der Waals surface area contributed by atoms with Gasteiger partial charge in [0.05, 0.1) is 10.5 Å². The van der Waals surface area contributed by atoms with Crippen LogP contribution in [-0.4, -0.2) is 15.8 Å². The molecule has 4 rings (SSSR count). The molecule has 1 amide bonds. The van der Waals surface area contributed by atoms with Crippen LogP contribution in [0.3, 0.4) is 0 Å². The van der Waals surface area contributed by atoms with Crippen molar-refractivity contribution in [3.05, 3.63) is 85.9 Å². The summed E-state index contributed by atoms with van der Waals surface area (Å²) in [7, 11) is 0. The summed E-state index contributed by atoms with van der Waals surface area (Å²) in [5, 5.41) is 14.2. The second-order valence-electron chi connectivity index (χ2n) is 6.46. The number of nitrogens with one attached hydrogen (secondary N) is 1. The summed E-state index contributed by atoms with van der Waals surface area (Å²) in [6.45, 7) is 9.81. The molecule has 0 spiro atoms. The van der Waals surface area contributed by atoms with Gasteiger partial charge in [-0.05, 0) is 48.9 Å². The lowest BCUT2D eigenvalue weighted by Crippen LogP contribution is -2.14. The van der Waals surface area contributed by atoms with E-state index in [4.69, 9.17) is 27.6 Å². The average molecular weight is 502 g/mol. The van der Waals surface area contributed by atoms with Gasteiger partial charge in [0.25, 0.3) is 11.6 Å². The lowest BCUT2D eigenvalue weighted by atomic mass is 10.1. The minimum Gasteiger partial charge on any atom is -0.436 e. The topological polar surface area (TPSA) is 98.3 Å². The normalized spacial score (nSPS) is 9.97. The van der Waals surface area contributed by atoms with E-state index in [0.29, 0.717) is 38.8 Å². The molecule has 0 saturated carbocycles. The smallest absolute Gasteiger partial charge is 0.288 e. The molecule has 0 aliphatic carbocycles. The van der Waals surface area contributed by atoms with Crippen molar-refractivity contribution >= 4 is 51.6 Å². The van der Waals surface area contributed by atoms with E-state index in [2.05, 4.69) is 10.3 Å². The minimum atomic E-state index is -0.634. The molecule has 0 bridgehead atoms. The predicted octanol–water partition coefficient (Wildman–Crippen LogP) is 8.32. The molecule has 7 nitrogen and oxygen atoms in total. The van der Waals surface area contributed by atoms with Crippen molar-refractivity contribution < 1.29 is 14.1 Å². The zero-order valence-electron chi connectivity index (χ0n) is 19.5. The van der Waals surface area contributed by atoms with Crippen LogP contribution >= 0.6 is 23.2 Å². The van der Waals surface area contributed by atoms with E-state index in [0.717, 1.165) is 0 Å². The van der Waals surface area contributed by atoms with Gasteiger partial charge in [-0.1, -0.05) is 63.0 Å². The molecular formula is C25H25Cl2N3O4. The van der Waals surface area contributed by atoms with Gasteiger partial charge in [-0.15, -0.1) is 0 Å². The monoisotopic (exact) mass is 501 g/mol. The summed E-state index contributed by atoms with van der Waals surface area (Å²) in [6, 6.07) is 14.5. The van der Waals surface area contributed by atoms with Crippen molar-refractivity contribution in [1.29, 1.82) is 0 Å². The third kappa shape index (κ3) is 5.73. The first-order valence-corrected chi connectivity index (χ1v) is 11.5. The molecule has 4 aromatic rings. The molecule has 9 heteroatoms. The highest BCUT2D eigenvalue weighted by Crippen LogP contribution is 2.33. The molecule has 0 aliphatic heterocycles. The maximum absolute atomic E-state index is 12.7. The van der Waals surface area contributed by atoms with E-state index in [1.807, 2.05) is 40.7 Å². The molecule has 0 atom stereocenters. The third-order valence-electron chi connectivity index (χ3n) is 4.58. The molecule has 178 valence electrons. The summed E-state index contributed by atoms with van der Waals surface area (Å²) >= 11 is 12.1. The number of amides is 1. The standard InChI is InChI=1S/C21H13Cl2N3O4.2C2H6/c1-11-13(21-25-16-10-12(22)8-9-18(16)30-21)4-2-6-15(11)24-20(27)14-5-3-7-17(19(14)23)26(28)29;2*1-2/h2-10H,1H3,(H,24,27);2*1-2H3. The number of aromatic nitrogens is 1. The van der Waals surface area contributed by atoms with E-state index in [-0.39, 0.29) is 16.3 Å². The van der Waals surface area contributed by atoms with Crippen LogP contribution in [0.15, 0.2) is 59.0 Å². The molecule has 34 heavy (non-hydrogen) atoms. The van der Waals surface area contributed by atoms with Crippen LogP contribution in [-0.2, 0) is 0 Å². The SMILES string of the molecule is CC.CC.Cc1c(NC(=O)c2cccc([N+](=O)[O-])c2Cl)cccc1-c1nc2cc(Cl)ccc2o1. The zero-order chi connectivity index (χ0) is 25.4. The van der Waals surface area contributed by atoms with Gasteiger partial charge in [-0.25, -0.2) is 4.98 Å². The third-order valence-corrected chi connectivity index (χ3v) is 5.21. The van der Waals surface area contributed by atoms with E-state index >= 15 is 0 Å². The molecule has 0 saturated heterocycles. The number of benzene rings is 3. The fourth-order valence-corrected chi connectivity index (χ4v) is 3.49. The second-order valence-corrected chi connectivity index (χ2v) is 7.27. The Hall–Kier alpha value is -3.42. The molecule has 0 unspecified atom stereocenters. The Morgan fingerprint density at radius 1 is 1.03 bits per heavy atom. The van der Waals surface area contributed by atoms with Crippen LogP contribution in [0.2, 0.25) is 10.0 Å². The number of nitro benzene ring substituents is 1. The quantitative estimate of drug-likeness (QED) is 0.223. The summed E-state index contributed by atoms with van der Waals surface area (Å²) in [5.41, 5.74) is 2.78. The van der Waals surface area contributed by atoms with E-state index in [1.54, 1.807) is 30.3 Å². The maximum Gasteiger partial charge on any atom is 0.288 e. The molecule has 0 fully saturated rings. The number of hydrogen-bond donors (Lipinski definition) is 1. The fraction of sp³-hybridized carbons (Fsp3) is 0.200. The number of halogens is 2. The number of carbonyl (C=O) groups is 1. The number of carbonyl (C=O) groups excluding carboxylic acids is 1. The number of nitro groups is 1. The van der Waals surface area contributed by atoms with E-state index < -0.39 is 10.8 Å². The first-order chi connectivity index (χ1) is 16.3. The average Bonchev–Trinajstić information content (AvgIpc) is 3.25. The Morgan fingerprint density at radius 3 is 2.38 bits per heavy atom. The van der Waals surface area contributed by atoms with Crippen molar-refractivity contribution in [3.63, 3.8) is 0 Å². The summed E-state index contributed by atoms with van der Waals surface area (Å²) in [6.07, 6.45) is 0. The van der Waals surface area contributed by atoms with Gasteiger partial charge in [0, 0.05) is 22.3 Å². The van der Waals surface area contributed by atoms with Crippen LogP contribution in [0.1, 0.15) is 43.6 Å². The highest BCUT2D eigenvalue weighted by atomic mass is 35.5. The second kappa shape index (κ2) is 12.2. The summed E-state index contributed by atoms with van der Waals surface area (Å²) in [5.74, 6) is -0.178. The number of anilines is 1. The zero-order valence-corrected chi connectivity index (χ0v) is 21.0. The van der Waals surface area contributed by atoms with Crippen molar-refractivity contribution in [1.82, 2.24) is 4.98 Å². The largest absolute Gasteiger partial charge is 0.436 e.